The summed E-state index contributed by atoms with van der Waals surface area (Å²) in [4.78, 5) is 79.4. The summed E-state index contributed by atoms with van der Waals surface area (Å²) in [6.07, 6.45) is 5.31. The van der Waals surface area contributed by atoms with Crippen LogP contribution < -0.4 is 5.73 Å². The van der Waals surface area contributed by atoms with E-state index in [0.717, 1.165) is 12.6 Å². The van der Waals surface area contributed by atoms with Crippen LogP contribution in [-0.2, 0) is 19.2 Å². The number of benzene rings is 2. The highest BCUT2D eigenvalue weighted by atomic mass is 16.3. The first-order valence-corrected chi connectivity index (χ1v) is 11.2. The average molecular weight is 530 g/mol. The zero-order chi connectivity index (χ0) is 30.0. The summed E-state index contributed by atoms with van der Waals surface area (Å²) in [5.41, 5.74) is 6.45. The van der Waals surface area contributed by atoms with Crippen LogP contribution in [0.5, 0.6) is 0 Å². The number of rotatable bonds is 9. The molecule has 0 bridgehead atoms. The van der Waals surface area contributed by atoms with Crippen molar-refractivity contribution in [3.05, 3.63) is 70.8 Å². The van der Waals surface area contributed by atoms with Gasteiger partial charge in [0.2, 0.25) is 0 Å². The summed E-state index contributed by atoms with van der Waals surface area (Å²) in [6, 6.07) is 12.4. The summed E-state index contributed by atoms with van der Waals surface area (Å²) in [6.45, 7) is 6.57. The van der Waals surface area contributed by atoms with Crippen LogP contribution >= 0.6 is 0 Å². The second-order valence-corrected chi connectivity index (χ2v) is 8.16. The van der Waals surface area contributed by atoms with Gasteiger partial charge in [-0.1, -0.05) is 42.5 Å². The minimum absolute atomic E-state index is 0.128. The van der Waals surface area contributed by atoms with Gasteiger partial charge in [0.15, 0.2) is 0 Å². The van der Waals surface area contributed by atoms with Crippen LogP contribution in [0.3, 0.4) is 0 Å². The summed E-state index contributed by atoms with van der Waals surface area (Å²) >= 11 is 0. The molecule has 0 heterocycles. The van der Waals surface area contributed by atoms with Crippen molar-refractivity contribution in [1.82, 2.24) is 0 Å². The normalized spacial score (nSPS) is 9.87. The van der Waals surface area contributed by atoms with E-state index in [2.05, 4.69) is 0 Å². The van der Waals surface area contributed by atoms with Crippen LogP contribution in [0, 0.1) is 5.41 Å². The molecule has 0 saturated carbocycles. The predicted octanol–water partition coefficient (Wildman–Crippen LogP) is 2.52. The molecule has 3 N–H and O–H groups in total. The van der Waals surface area contributed by atoms with Crippen molar-refractivity contribution in [2.24, 2.45) is 11.1 Å². The summed E-state index contributed by atoms with van der Waals surface area (Å²) in [5.74, 6) is 0. The zero-order valence-corrected chi connectivity index (χ0v) is 21.9. The monoisotopic (exact) mass is 529 g/mol. The van der Waals surface area contributed by atoms with Gasteiger partial charge in [0.05, 0.1) is 11.5 Å². The van der Waals surface area contributed by atoms with Crippen molar-refractivity contribution < 1.29 is 43.5 Å². The molecular weight excluding hydrogens is 494 g/mol. The maximum atomic E-state index is 10.2. The molecule has 0 fully saturated rings. The first-order chi connectivity index (χ1) is 17.9. The van der Waals surface area contributed by atoms with Gasteiger partial charge in [0.25, 0.3) is 0 Å². The number of aldehydes is 8. The zero-order valence-electron chi connectivity index (χ0n) is 21.9. The molecule has 10 nitrogen and oxygen atoms in total. The van der Waals surface area contributed by atoms with Crippen LogP contribution in [0.15, 0.2) is 48.5 Å². The Hall–Kier alpha value is -4.28. The third-order valence-electron chi connectivity index (χ3n) is 3.54. The van der Waals surface area contributed by atoms with Crippen LogP contribution in [0.25, 0.3) is 0 Å². The number of aliphatic hydroxyl groups is 1. The molecule has 0 aliphatic rings. The van der Waals surface area contributed by atoms with Crippen molar-refractivity contribution in [2.45, 2.75) is 46.3 Å². The summed E-state index contributed by atoms with van der Waals surface area (Å²) < 4.78 is 0. The summed E-state index contributed by atoms with van der Waals surface area (Å²) in [5, 5.41) is 8.06. The van der Waals surface area contributed by atoms with E-state index in [1.807, 2.05) is 0 Å². The van der Waals surface area contributed by atoms with Crippen molar-refractivity contribution in [1.29, 1.82) is 0 Å². The minimum atomic E-state index is -0.778. The molecule has 0 aromatic heterocycles. The number of hydrogen-bond acceptors (Lipinski definition) is 10. The molecule has 2 aromatic carbocycles. The second-order valence-electron chi connectivity index (χ2n) is 8.16. The van der Waals surface area contributed by atoms with Gasteiger partial charge >= 0.3 is 0 Å². The quantitative estimate of drug-likeness (QED) is 0.361. The third-order valence-corrected chi connectivity index (χ3v) is 3.54. The molecule has 206 valence electrons. The van der Waals surface area contributed by atoms with Gasteiger partial charge in [-0.05, 0) is 33.8 Å². The lowest BCUT2D eigenvalue weighted by molar-refractivity contribution is -0.124. The van der Waals surface area contributed by atoms with E-state index in [9.17, 15) is 38.4 Å². The van der Waals surface area contributed by atoms with Crippen molar-refractivity contribution >= 4 is 50.3 Å². The predicted molar refractivity (Wildman–Crippen MR) is 142 cm³/mol. The molecule has 38 heavy (non-hydrogen) atoms. The maximum absolute atomic E-state index is 10.2. The van der Waals surface area contributed by atoms with Crippen molar-refractivity contribution in [2.75, 3.05) is 0 Å². The third kappa shape index (κ3) is 24.8. The van der Waals surface area contributed by atoms with E-state index in [-0.39, 0.29) is 12.5 Å². The number of aliphatic hydroxyl groups excluding tert-OH is 1. The smallest absolute Gasteiger partial charge is 0.150 e. The Labute approximate surface area is 222 Å². The van der Waals surface area contributed by atoms with E-state index in [4.69, 9.17) is 10.8 Å². The molecule has 0 radical (unpaired) electrons. The Bertz CT molecular complexity index is 921. The molecular formula is C28H35NO9. The topological polar surface area (TPSA) is 183 Å². The molecule has 1 atom stereocenters. The lowest BCUT2D eigenvalue weighted by Gasteiger charge is -2.02. The first-order valence-electron chi connectivity index (χ1n) is 11.2. The Kier molecular flexibility index (Phi) is 24.6. The molecule has 0 aliphatic heterocycles. The Morgan fingerprint density at radius 3 is 1.24 bits per heavy atom. The molecule has 2 rings (SSSR count). The van der Waals surface area contributed by atoms with Crippen LogP contribution in [-0.4, -0.2) is 67.5 Å². The van der Waals surface area contributed by atoms with Gasteiger partial charge in [-0.3, -0.25) is 19.2 Å². The number of nitrogens with two attached hydrogens (primary N) is 1. The highest BCUT2D eigenvalue weighted by Crippen LogP contribution is 2.03. The SMILES string of the molecule is CC(C)(C=O)C=O.CC(C)O.NC(C=O)CC=O.O=Cc1ccc(C=O)cc1.O=Cc1cccc(C=O)c1. The average Bonchev–Trinajstić information content (AvgIpc) is 2.93. The fraction of sp³-hybridized carbons (Fsp3) is 0.286. The van der Waals surface area contributed by atoms with Gasteiger partial charge in [-0.2, -0.15) is 0 Å². The first kappa shape index (κ1) is 38.3. The van der Waals surface area contributed by atoms with Crippen LogP contribution in [0.4, 0.5) is 0 Å². The largest absolute Gasteiger partial charge is 0.394 e. The lowest BCUT2D eigenvalue weighted by atomic mass is 9.99. The van der Waals surface area contributed by atoms with E-state index < -0.39 is 11.5 Å². The van der Waals surface area contributed by atoms with E-state index in [1.165, 1.54) is 0 Å². The molecule has 0 amide bonds. The number of carbonyl (C=O) groups excluding carboxylic acids is 8. The molecule has 2 aromatic rings. The van der Waals surface area contributed by atoms with Gasteiger partial charge < -0.3 is 30.0 Å². The van der Waals surface area contributed by atoms with E-state index >= 15 is 0 Å². The highest BCUT2D eigenvalue weighted by Gasteiger charge is 2.12. The molecule has 0 aliphatic carbocycles. The minimum Gasteiger partial charge on any atom is -0.394 e. The van der Waals surface area contributed by atoms with Crippen LogP contribution in [0.1, 0.15) is 75.5 Å². The number of carbonyl (C=O) groups is 8. The lowest BCUT2D eigenvalue weighted by Crippen LogP contribution is -2.21. The molecule has 0 spiro atoms. The van der Waals surface area contributed by atoms with Gasteiger partial charge in [0.1, 0.15) is 50.3 Å². The standard InChI is InChI=1S/2C8H6O2.C5H8O2.C4H7NO2.C3H8O/c9-5-7-1-2-8(6-10)4-3-7;9-5-7-2-1-3-8(4-7)6-10;1-5(2,3-6)4-7;5-4(3-7)1-2-6;1-3(2)4/h2*1-6H;3-4H,1-2H3;2-4H,1,5H2;3-4H,1-2H3. The number of hydrogen-bond donors (Lipinski definition) is 2. The van der Waals surface area contributed by atoms with Crippen molar-refractivity contribution in [3.8, 4) is 0 Å². The van der Waals surface area contributed by atoms with Gasteiger partial charge in [0, 0.05) is 34.8 Å². The highest BCUT2D eigenvalue weighted by molar-refractivity contribution is 5.82. The van der Waals surface area contributed by atoms with Gasteiger partial charge in [-0.25, -0.2) is 0 Å². The Balaban J connectivity index is -0.000000416. The molecule has 0 saturated heterocycles. The molecule has 10 heteroatoms. The van der Waals surface area contributed by atoms with Crippen LogP contribution in [0.2, 0.25) is 0 Å². The fourth-order valence-corrected chi connectivity index (χ4v) is 1.55. The summed E-state index contributed by atoms with van der Waals surface area (Å²) in [7, 11) is 0. The fourth-order valence-electron chi connectivity index (χ4n) is 1.55. The van der Waals surface area contributed by atoms with Crippen molar-refractivity contribution in [3.63, 3.8) is 0 Å². The Morgan fingerprint density at radius 2 is 1.05 bits per heavy atom. The van der Waals surface area contributed by atoms with Gasteiger partial charge in [-0.15, -0.1) is 0 Å². The molecule has 1 unspecified atom stereocenters. The second kappa shape index (κ2) is 24.4. The van der Waals surface area contributed by atoms with E-state index in [1.54, 1.807) is 76.2 Å². The Morgan fingerprint density at radius 1 is 0.711 bits per heavy atom. The maximum Gasteiger partial charge on any atom is 0.150 e. The van der Waals surface area contributed by atoms with E-state index in [0.29, 0.717) is 60.0 Å².